The number of benzene rings is 4. The fourth-order valence-corrected chi connectivity index (χ4v) is 6.66. The van der Waals surface area contributed by atoms with Crippen LogP contribution in [-0.4, -0.2) is 50.4 Å². The number of amides is 2. The van der Waals surface area contributed by atoms with Gasteiger partial charge in [0.15, 0.2) is 0 Å². The van der Waals surface area contributed by atoms with E-state index in [0.29, 0.717) is 28.0 Å². The highest BCUT2D eigenvalue weighted by molar-refractivity contribution is 7.92. The predicted molar refractivity (Wildman–Crippen MR) is 183 cm³/mol. The average Bonchev–Trinajstić information content (AvgIpc) is 3.02. The SMILES string of the molecule is CCOc1ccc(N(CC(=O)N(Cc2cccc(Cl)c2)[C@H](Cc2ccccc2)C(=O)NC(C)C)S(=O)(=O)c2ccc(Cl)cc2)cc1. The van der Waals surface area contributed by atoms with E-state index in [1.807, 2.05) is 51.1 Å². The number of carbonyl (C=O) groups is 2. The zero-order valence-corrected chi connectivity index (χ0v) is 28.2. The second-order valence-electron chi connectivity index (χ2n) is 10.9. The van der Waals surface area contributed by atoms with E-state index in [0.717, 1.165) is 9.87 Å². The van der Waals surface area contributed by atoms with Crippen LogP contribution in [0.1, 0.15) is 31.9 Å². The van der Waals surface area contributed by atoms with Gasteiger partial charge < -0.3 is 15.0 Å². The van der Waals surface area contributed by atoms with E-state index >= 15 is 0 Å². The lowest BCUT2D eigenvalue weighted by Crippen LogP contribution is -2.54. The monoisotopic (exact) mass is 681 g/mol. The summed E-state index contributed by atoms with van der Waals surface area (Å²) in [5.41, 5.74) is 1.78. The van der Waals surface area contributed by atoms with E-state index in [1.165, 1.54) is 29.2 Å². The zero-order chi connectivity index (χ0) is 33.3. The molecular formula is C35H37Cl2N3O5S. The van der Waals surface area contributed by atoms with Crippen molar-refractivity contribution in [2.24, 2.45) is 0 Å². The van der Waals surface area contributed by atoms with Crippen LogP contribution in [0.25, 0.3) is 0 Å². The Morgan fingerprint density at radius 2 is 1.48 bits per heavy atom. The molecule has 0 aliphatic carbocycles. The van der Waals surface area contributed by atoms with Gasteiger partial charge in [-0.25, -0.2) is 8.42 Å². The van der Waals surface area contributed by atoms with Gasteiger partial charge in [-0.15, -0.1) is 0 Å². The van der Waals surface area contributed by atoms with E-state index in [2.05, 4.69) is 5.32 Å². The number of halogens is 2. The van der Waals surface area contributed by atoms with Crippen LogP contribution in [0.5, 0.6) is 5.75 Å². The normalized spacial score (nSPS) is 12.0. The van der Waals surface area contributed by atoms with Crippen molar-refractivity contribution in [2.45, 2.75) is 50.7 Å². The largest absolute Gasteiger partial charge is 0.494 e. The van der Waals surface area contributed by atoms with Gasteiger partial charge >= 0.3 is 0 Å². The maximum atomic E-state index is 14.5. The van der Waals surface area contributed by atoms with Gasteiger partial charge in [-0.1, -0.05) is 65.7 Å². The van der Waals surface area contributed by atoms with Gasteiger partial charge in [0.25, 0.3) is 10.0 Å². The van der Waals surface area contributed by atoms with Crippen molar-refractivity contribution in [3.05, 3.63) is 124 Å². The highest BCUT2D eigenvalue weighted by atomic mass is 35.5. The molecular weight excluding hydrogens is 645 g/mol. The Morgan fingerprint density at radius 1 is 0.826 bits per heavy atom. The molecule has 8 nitrogen and oxygen atoms in total. The third kappa shape index (κ3) is 9.25. The first-order valence-electron chi connectivity index (χ1n) is 14.9. The Morgan fingerprint density at radius 3 is 2.09 bits per heavy atom. The molecule has 0 aromatic heterocycles. The van der Waals surface area contributed by atoms with Crippen LogP contribution in [0.2, 0.25) is 10.0 Å². The van der Waals surface area contributed by atoms with Crippen molar-refractivity contribution >= 4 is 50.7 Å². The fraction of sp³-hybridized carbons (Fsp3) is 0.257. The molecule has 1 N–H and O–H groups in total. The van der Waals surface area contributed by atoms with Crippen molar-refractivity contribution in [1.82, 2.24) is 10.2 Å². The van der Waals surface area contributed by atoms with E-state index in [9.17, 15) is 18.0 Å². The highest BCUT2D eigenvalue weighted by Gasteiger charge is 2.35. The highest BCUT2D eigenvalue weighted by Crippen LogP contribution is 2.28. The predicted octanol–water partition coefficient (Wildman–Crippen LogP) is 6.75. The molecule has 2 amide bonds. The van der Waals surface area contributed by atoms with Gasteiger partial charge in [0.2, 0.25) is 11.8 Å². The molecule has 242 valence electrons. The Bertz CT molecular complexity index is 1720. The van der Waals surface area contributed by atoms with Crippen LogP contribution in [0, 0.1) is 0 Å². The number of sulfonamides is 1. The molecule has 1 atom stereocenters. The van der Waals surface area contributed by atoms with Crippen LogP contribution < -0.4 is 14.4 Å². The molecule has 0 unspecified atom stereocenters. The molecule has 0 radical (unpaired) electrons. The molecule has 46 heavy (non-hydrogen) atoms. The van der Waals surface area contributed by atoms with Crippen molar-refractivity contribution < 1.29 is 22.7 Å². The van der Waals surface area contributed by atoms with Crippen molar-refractivity contribution in [2.75, 3.05) is 17.5 Å². The molecule has 4 rings (SSSR count). The summed E-state index contributed by atoms with van der Waals surface area (Å²) in [5, 5.41) is 3.78. The molecule has 0 heterocycles. The smallest absolute Gasteiger partial charge is 0.264 e. The maximum Gasteiger partial charge on any atom is 0.264 e. The maximum absolute atomic E-state index is 14.5. The minimum Gasteiger partial charge on any atom is -0.494 e. The van der Waals surface area contributed by atoms with E-state index < -0.39 is 28.5 Å². The quantitative estimate of drug-likeness (QED) is 0.159. The Labute approximate surface area is 280 Å². The molecule has 0 aliphatic rings. The zero-order valence-electron chi connectivity index (χ0n) is 25.9. The van der Waals surface area contributed by atoms with Gasteiger partial charge in [0.1, 0.15) is 18.3 Å². The number of rotatable bonds is 14. The summed E-state index contributed by atoms with van der Waals surface area (Å²) in [5.74, 6) is -0.383. The molecule has 0 saturated carbocycles. The van der Waals surface area contributed by atoms with Gasteiger partial charge in [-0.3, -0.25) is 13.9 Å². The summed E-state index contributed by atoms with van der Waals surface area (Å²) < 4.78 is 34.9. The van der Waals surface area contributed by atoms with Gasteiger partial charge in [0, 0.05) is 29.1 Å². The molecule has 0 bridgehead atoms. The van der Waals surface area contributed by atoms with Crippen molar-refractivity contribution in [3.63, 3.8) is 0 Å². The van der Waals surface area contributed by atoms with Crippen molar-refractivity contribution in [1.29, 1.82) is 0 Å². The Hall–Kier alpha value is -4.05. The van der Waals surface area contributed by atoms with Crippen LogP contribution in [-0.2, 0) is 32.6 Å². The average molecular weight is 683 g/mol. The summed E-state index contributed by atoms with van der Waals surface area (Å²) in [6, 6.07) is 27.4. The summed E-state index contributed by atoms with van der Waals surface area (Å²) in [6.45, 7) is 5.39. The summed E-state index contributed by atoms with van der Waals surface area (Å²) in [6.07, 6.45) is 0.207. The minimum atomic E-state index is -4.26. The number of ether oxygens (including phenoxy) is 1. The molecule has 4 aromatic rings. The lowest BCUT2D eigenvalue weighted by atomic mass is 10.0. The van der Waals surface area contributed by atoms with Gasteiger partial charge in [-0.05, 0) is 92.6 Å². The van der Waals surface area contributed by atoms with E-state index in [-0.39, 0.29) is 35.5 Å². The third-order valence-electron chi connectivity index (χ3n) is 7.06. The van der Waals surface area contributed by atoms with Gasteiger partial charge in [-0.2, -0.15) is 0 Å². The molecule has 0 saturated heterocycles. The number of anilines is 1. The Kier molecular flexibility index (Phi) is 12.1. The third-order valence-corrected chi connectivity index (χ3v) is 9.34. The summed E-state index contributed by atoms with van der Waals surface area (Å²) in [7, 11) is -4.26. The van der Waals surface area contributed by atoms with E-state index in [4.69, 9.17) is 27.9 Å². The first-order valence-corrected chi connectivity index (χ1v) is 17.1. The lowest BCUT2D eigenvalue weighted by Gasteiger charge is -2.34. The number of hydrogen-bond acceptors (Lipinski definition) is 5. The second-order valence-corrected chi connectivity index (χ2v) is 13.6. The van der Waals surface area contributed by atoms with Crippen LogP contribution in [0.3, 0.4) is 0 Å². The molecule has 0 spiro atoms. The number of hydrogen-bond donors (Lipinski definition) is 1. The van der Waals surface area contributed by atoms with E-state index in [1.54, 1.807) is 48.5 Å². The first kappa shape index (κ1) is 34.8. The molecule has 0 fully saturated rings. The van der Waals surface area contributed by atoms with Crippen molar-refractivity contribution in [3.8, 4) is 5.75 Å². The standard InChI is InChI=1S/C35H37Cl2N3O5S/c1-4-45-31-17-15-30(16-18-31)40(46(43,44)32-19-13-28(36)14-20-32)24-34(41)39(23-27-11-8-12-29(37)21-27)33(35(42)38-25(2)3)22-26-9-6-5-7-10-26/h5-21,25,33H,4,22-24H2,1-3H3,(H,38,42)/t33-/m1/s1. The fourth-order valence-electron chi connectivity index (χ4n) is 4.90. The number of carbonyl (C=O) groups excluding carboxylic acids is 2. The molecule has 4 aromatic carbocycles. The topological polar surface area (TPSA) is 96.0 Å². The molecule has 0 aliphatic heterocycles. The molecule has 11 heteroatoms. The number of nitrogens with zero attached hydrogens (tertiary/aromatic N) is 2. The van der Waals surface area contributed by atoms with Gasteiger partial charge in [0.05, 0.1) is 17.2 Å². The van der Waals surface area contributed by atoms with Crippen LogP contribution in [0.15, 0.2) is 108 Å². The number of nitrogens with one attached hydrogen (secondary N) is 1. The van der Waals surface area contributed by atoms with Crippen LogP contribution >= 0.6 is 23.2 Å². The second kappa shape index (κ2) is 16.0. The summed E-state index contributed by atoms with van der Waals surface area (Å²) in [4.78, 5) is 29.7. The lowest BCUT2D eigenvalue weighted by molar-refractivity contribution is -0.140. The Balaban J connectivity index is 1.80. The van der Waals surface area contributed by atoms with Crippen LogP contribution in [0.4, 0.5) is 5.69 Å². The summed E-state index contributed by atoms with van der Waals surface area (Å²) >= 11 is 12.4. The minimum absolute atomic E-state index is 0.0144. The first-order chi connectivity index (χ1) is 22.0.